The molecule has 0 saturated heterocycles. The molecule has 4 nitrogen and oxygen atoms in total. The third-order valence-corrected chi connectivity index (χ3v) is 3.02. The van der Waals surface area contributed by atoms with Gasteiger partial charge in [-0.25, -0.2) is 0 Å². The zero-order valence-electron chi connectivity index (χ0n) is 11.4. The standard InChI is InChI=1S/C16H18N2O2/c1-12-14(8-5-9-15(12)17)16(19)18-10-11-20-13-6-3-2-4-7-13/h2-9H,10-11,17H2,1H3,(H,18,19). The number of hydrogen-bond donors (Lipinski definition) is 2. The summed E-state index contributed by atoms with van der Waals surface area (Å²) in [5.74, 6) is 0.661. The highest BCUT2D eigenvalue weighted by Gasteiger charge is 2.09. The summed E-state index contributed by atoms with van der Waals surface area (Å²) in [6.45, 7) is 2.71. The molecule has 3 N–H and O–H groups in total. The predicted octanol–water partition coefficient (Wildman–Crippen LogP) is 2.39. The summed E-state index contributed by atoms with van der Waals surface area (Å²) >= 11 is 0. The molecule has 0 saturated carbocycles. The van der Waals surface area contributed by atoms with Crippen molar-refractivity contribution in [1.82, 2.24) is 5.32 Å². The number of rotatable bonds is 5. The van der Waals surface area contributed by atoms with E-state index in [4.69, 9.17) is 10.5 Å². The number of anilines is 1. The van der Waals surface area contributed by atoms with Gasteiger partial charge in [-0.05, 0) is 36.8 Å². The van der Waals surface area contributed by atoms with Crippen LogP contribution in [0.25, 0.3) is 0 Å². The quantitative estimate of drug-likeness (QED) is 0.647. The van der Waals surface area contributed by atoms with Crippen LogP contribution in [0.4, 0.5) is 5.69 Å². The Bertz CT molecular complexity index is 582. The Kier molecular flexibility index (Phi) is 4.60. The summed E-state index contributed by atoms with van der Waals surface area (Å²) in [5, 5.41) is 2.82. The molecule has 0 aliphatic rings. The molecule has 2 rings (SSSR count). The van der Waals surface area contributed by atoms with Gasteiger partial charge in [0.1, 0.15) is 12.4 Å². The molecule has 0 heterocycles. The first-order valence-electron chi connectivity index (χ1n) is 6.49. The van der Waals surface area contributed by atoms with Gasteiger partial charge in [0, 0.05) is 11.3 Å². The highest BCUT2D eigenvalue weighted by atomic mass is 16.5. The summed E-state index contributed by atoms with van der Waals surface area (Å²) in [4.78, 5) is 12.0. The van der Waals surface area contributed by atoms with Gasteiger partial charge in [-0.2, -0.15) is 0 Å². The highest BCUT2D eigenvalue weighted by Crippen LogP contribution is 2.15. The zero-order valence-corrected chi connectivity index (χ0v) is 11.4. The maximum Gasteiger partial charge on any atom is 0.251 e. The van der Waals surface area contributed by atoms with Gasteiger partial charge in [-0.15, -0.1) is 0 Å². The van der Waals surface area contributed by atoms with E-state index in [-0.39, 0.29) is 5.91 Å². The fraction of sp³-hybridized carbons (Fsp3) is 0.188. The van der Waals surface area contributed by atoms with Crippen molar-refractivity contribution >= 4 is 11.6 Å². The van der Waals surface area contributed by atoms with Crippen molar-refractivity contribution in [1.29, 1.82) is 0 Å². The Morgan fingerprint density at radius 2 is 1.90 bits per heavy atom. The lowest BCUT2D eigenvalue weighted by Crippen LogP contribution is -2.28. The lowest BCUT2D eigenvalue weighted by molar-refractivity contribution is 0.0946. The molecule has 2 aromatic rings. The second-order valence-corrected chi connectivity index (χ2v) is 4.44. The number of ether oxygens (including phenoxy) is 1. The first kappa shape index (κ1) is 13.9. The number of hydrogen-bond acceptors (Lipinski definition) is 3. The van der Waals surface area contributed by atoms with Crippen molar-refractivity contribution in [3.8, 4) is 5.75 Å². The van der Waals surface area contributed by atoms with E-state index in [2.05, 4.69) is 5.32 Å². The van der Waals surface area contributed by atoms with Crippen LogP contribution in [0.3, 0.4) is 0 Å². The summed E-state index contributed by atoms with van der Waals surface area (Å²) < 4.78 is 5.51. The number of benzene rings is 2. The van der Waals surface area contributed by atoms with Gasteiger partial charge >= 0.3 is 0 Å². The number of amides is 1. The first-order valence-corrected chi connectivity index (χ1v) is 6.49. The topological polar surface area (TPSA) is 64.4 Å². The van der Waals surface area contributed by atoms with Gasteiger partial charge in [0.25, 0.3) is 5.91 Å². The maximum atomic E-state index is 12.0. The lowest BCUT2D eigenvalue weighted by atomic mass is 10.1. The van der Waals surface area contributed by atoms with E-state index in [9.17, 15) is 4.79 Å². The molecule has 104 valence electrons. The van der Waals surface area contributed by atoms with E-state index in [1.807, 2.05) is 37.3 Å². The molecule has 0 aliphatic heterocycles. The second-order valence-electron chi connectivity index (χ2n) is 4.44. The van der Waals surface area contributed by atoms with Crippen molar-refractivity contribution in [3.05, 3.63) is 59.7 Å². The molecule has 0 aliphatic carbocycles. The van der Waals surface area contributed by atoms with Gasteiger partial charge < -0.3 is 15.8 Å². The molecule has 2 aromatic carbocycles. The molecule has 0 bridgehead atoms. The minimum atomic E-state index is -0.133. The number of carbonyl (C=O) groups is 1. The van der Waals surface area contributed by atoms with Crippen molar-refractivity contribution in [2.75, 3.05) is 18.9 Å². The number of para-hydroxylation sites is 1. The molecule has 0 fully saturated rings. The molecule has 0 unspecified atom stereocenters. The Morgan fingerprint density at radius 3 is 2.65 bits per heavy atom. The van der Waals surface area contributed by atoms with Crippen molar-refractivity contribution in [2.24, 2.45) is 0 Å². The average molecular weight is 270 g/mol. The van der Waals surface area contributed by atoms with E-state index in [1.54, 1.807) is 18.2 Å². The molecule has 20 heavy (non-hydrogen) atoms. The predicted molar refractivity (Wildman–Crippen MR) is 79.9 cm³/mol. The summed E-state index contributed by atoms with van der Waals surface area (Å²) in [7, 11) is 0. The molecular formula is C16H18N2O2. The Balaban J connectivity index is 1.82. The largest absolute Gasteiger partial charge is 0.492 e. The number of carbonyl (C=O) groups excluding carboxylic acids is 1. The number of nitrogen functional groups attached to an aromatic ring is 1. The van der Waals surface area contributed by atoms with Crippen molar-refractivity contribution in [2.45, 2.75) is 6.92 Å². The van der Waals surface area contributed by atoms with Gasteiger partial charge in [0.05, 0.1) is 6.54 Å². The van der Waals surface area contributed by atoms with E-state index in [0.717, 1.165) is 11.3 Å². The fourth-order valence-electron chi connectivity index (χ4n) is 1.84. The summed E-state index contributed by atoms with van der Waals surface area (Å²) in [5.41, 5.74) is 7.81. The monoisotopic (exact) mass is 270 g/mol. The number of nitrogens with two attached hydrogens (primary N) is 1. The van der Waals surface area contributed by atoms with Crippen LogP contribution in [0, 0.1) is 6.92 Å². The molecule has 0 radical (unpaired) electrons. The number of nitrogens with one attached hydrogen (secondary N) is 1. The van der Waals surface area contributed by atoms with Crippen LogP contribution in [0.15, 0.2) is 48.5 Å². The lowest BCUT2D eigenvalue weighted by Gasteiger charge is -2.10. The Labute approximate surface area is 118 Å². The summed E-state index contributed by atoms with van der Waals surface area (Å²) in [6, 6.07) is 14.8. The van der Waals surface area contributed by atoms with Crippen LogP contribution >= 0.6 is 0 Å². The van der Waals surface area contributed by atoms with Crippen LogP contribution < -0.4 is 15.8 Å². The Hall–Kier alpha value is -2.49. The third kappa shape index (κ3) is 3.51. The van der Waals surface area contributed by atoms with Gasteiger partial charge in [-0.1, -0.05) is 24.3 Å². The van der Waals surface area contributed by atoms with Crippen LogP contribution in [0.1, 0.15) is 15.9 Å². The normalized spacial score (nSPS) is 10.1. The highest BCUT2D eigenvalue weighted by molar-refractivity contribution is 5.96. The van der Waals surface area contributed by atoms with Crippen LogP contribution in [0.2, 0.25) is 0 Å². The smallest absolute Gasteiger partial charge is 0.251 e. The van der Waals surface area contributed by atoms with Crippen LogP contribution in [-0.2, 0) is 0 Å². The van der Waals surface area contributed by atoms with Gasteiger partial charge in [0.15, 0.2) is 0 Å². The SMILES string of the molecule is Cc1c(N)cccc1C(=O)NCCOc1ccccc1. The average Bonchev–Trinajstić information content (AvgIpc) is 2.47. The van der Waals surface area contributed by atoms with Crippen LogP contribution in [-0.4, -0.2) is 19.1 Å². The fourth-order valence-corrected chi connectivity index (χ4v) is 1.84. The molecule has 0 atom stereocenters. The van der Waals surface area contributed by atoms with Gasteiger partial charge in [-0.3, -0.25) is 4.79 Å². The van der Waals surface area contributed by atoms with Crippen molar-refractivity contribution < 1.29 is 9.53 Å². The van der Waals surface area contributed by atoms with Gasteiger partial charge in [0.2, 0.25) is 0 Å². The maximum absolute atomic E-state index is 12.0. The minimum Gasteiger partial charge on any atom is -0.492 e. The van der Waals surface area contributed by atoms with E-state index in [1.165, 1.54) is 0 Å². The first-order chi connectivity index (χ1) is 9.68. The Morgan fingerprint density at radius 1 is 1.15 bits per heavy atom. The minimum absolute atomic E-state index is 0.133. The molecule has 4 heteroatoms. The molecule has 0 spiro atoms. The molecule has 1 amide bonds. The summed E-state index contributed by atoms with van der Waals surface area (Å²) in [6.07, 6.45) is 0. The van der Waals surface area contributed by atoms with E-state index < -0.39 is 0 Å². The van der Waals surface area contributed by atoms with Crippen molar-refractivity contribution in [3.63, 3.8) is 0 Å². The zero-order chi connectivity index (χ0) is 14.4. The van der Waals surface area contributed by atoms with E-state index >= 15 is 0 Å². The molecular weight excluding hydrogens is 252 g/mol. The third-order valence-electron chi connectivity index (χ3n) is 3.02. The van der Waals surface area contributed by atoms with Crippen LogP contribution in [0.5, 0.6) is 5.75 Å². The molecule has 0 aromatic heterocycles. The second kappa shape index (κ2) is 6.61. The van der Waals surface area contributed by atoms with E-state index in [0.29, 0.717) is 24.4 Å².